The van der Waals surface area contributed by atoms with Gasteiger partial charge >= 0.3 is 0 Å². The molecule has 1 aromatic carbocycles. The fraction of sp³-hybridized carbons (Fsp3) is 0.333. The Morgan fingerprint density at radius 2 is 2.32 bits per heavy atom. The largest absolute Gasteiger partial charge is 0.391 e. The Morgan fingerprint density at radius 1 is 1.53 bits per heavy atom. The van der Waals surface area contributed by atoms with Crippen LogP contribution in [0.1, 0.15) is 24.7 Å². The van der Waals surface area contributed by atoms with Crippen LogP contribution in [0.2, 0.25) is 0 Å². The van der Waals surface area contributed by atoms with Gasteiger partial charge in [0, 0.05) is 4.90 Å². The van der Waals surface area contributed by atoms with Crippen LogP contribution in [-0.2, 0) is 5.75 Å². The molecule has 0 radical (unpaired) electrons. The van der Waals surface area contributed by atoms with Crippen LogP contribution in [-0.4, -0.2) is 21.4 Å². The smallest absolute Gasteiger partial charge is 0.246 e. The van der Waals surface area contributed by atoms with Crippen molar-refractivity contribution in [3.63, 3.8) is 0 Å². The first-order chi connectivity index (χ1) is 9.06. The molecule has 2 rings (SSSR count). The second-order valence-corrected chi connectivity index (χ2v) is 5.11. The summed E-state index contributed by atoms with van der Waals surface area (Å²) in [7, 11) is 0. The number of aliphatic hydroxyl groups is 1. The molecule has 0 saturated carbocycles. The quantitative estimate of drug-likeness (QED) is 0.815. The highest BCUT2D eigenvalue weighted by atomic mass is 32.2. The number of nitrogens with two attached hydrogens (primary N) is 1. The van der Waals surface area contributed by atoms with Crippen molar-refractivity contribution in [3.8, 4) is 0 Å². The summed E-state index contributed by atoms with van der Waals surface area (Å²) in [5.74, 6) is 0.819. The summed E-state index contributed by atoms with van der Waals surface area (Å²) in [5, 5.41) is 13.1. The molecule has 1 heterocycles. The van der Waals surface area contributed by atoms with E-state index in [1.54, 1.807) is 19.1 Å². The molecule has 0 saturated heterocycles. The van der Waals surface area contributed by atoms with E-state index < -0.39 is 12.1 Å². The Hall–Kier alpha value is -1.44. The van der Waals surface area contributed by atoms with Gasteiger partial charge < -0.3 is 15.4 Å². The van der Waals surface area contributed by atoms with E-state index >= 15 is 0 Å². The van der Waals surface area contributed by atoms with Gasteiger partial charge in [0.1, 0.15) is 11.9 Å². The summed E-state index contributed by atoms with van der Waals surface area (Å²) in [4.78, 5) is 4.88. The normalized spacial score (nSPS) is 14.3. The number of halogens is 1. The lowest BCUT2D eigenvalue weighted by Gasteiger charge is -2.08. The fourth-order valence-electron chi connectivity index (χ4n) is 1.37. The van der Waals surface area contributed by atoms with E-state index in [0.717, 1.165) is 4.90 Å². The molecule has 3 N–H and O–H groups in total. The number of hydrogen-bond acceptors (Lipinski definition) is 6. The van der Waals surface area contributed by atoms with Crippen molar-refractivity contribution in [2.24, 2.45) is 5.73 Å². The Balaban J connectivity index is 1.97. The van der Waals surface area contributed by atoms with Crippen LogP contribution < -0.4 is 5.73 Å². The molecular formula is C12H14FN3O2S. The molecule has 0 bridgehead atoms. The van der Waals surface area contributed by atoms with Crippen LogP contribution in [0.5, 0.6) is 0 Å². The number of aliphatic hydroxyl groups excluding tert-OH is 1. The molecule has 5 nitrogen and oxygen atoms in total. The van der Waals surface area contributed by atoms with Crippen LogP contribution in [0.25, 0.3) is 0 Å². The predicted molar refractivity (Wildman–Crippen MR) is 68.9 cm³/mol. The molecule has 0 aliphatic carbocycles. The van der Waals surface area contributed by atoms with E-state index in [9.17, 15) is 9.50 Å². The zero-order valence-corrected chi connectivity index (χ0v) is 11.1. The summed E-state index contributed by atoms with van der Waals surface area (Å²) in [6.45, 7) is 1.55. The van der Waals surface area contributed by atoms with Crippen molar-refractivity contribution < 1.29 is 14.0 Å². The predicted octanol–water partition coefficient (Wildman–Crippen LogP) is 1.88. The number of hydrogen-bond donors (Lipinski definition) is 2. The van der Waals surface area contributed by atoms with Crippen LogP contribution in [0.15, 0.2) is 33.7 Å². The first kappa shape index (κ1) is 14.0. The van der Waals surface area contributed by atoms with Crippen molar-refractivity contribution in [2.45, 2.75) is 29.7 Å². The zero-order chi connectivity index (χ0) is 13.8. The molecular weight excluding hydrogens is 269 g/mol. The number of rotatable bonds is 5. The van der Waals surface area contributed by atoms with Gasteiger partial charge in [-0.1, -0.05) is 11.2 Å². The second-order valence-electron chi connectivity index (χ2n) is 4.06. The van der Waals surface area contributed by atoms with E-state index in [1.807, 2.05) is 0 Å². The summed E-state index contributed by atoms with van der Waals surface area (Å²) in [5.41, 5.74) is 5.68. The minimum absolute atomic E-state index is 0.199. The van der Waals surface area contributed by atoms with E-state index in [4.69, 9.17) is 10.3 Å². The van der Waals surface area contributed by atoms with Crippen LogP contribution in [0.4, 0.5) is 4.39 Å². The molecule has 0 unspecified atom stereocenters. The highest BCUT2D eigenvalue weighted by molar-refractivity contribution is 7.98. The average Bonchev–Trinajstić information content (AvgIpc) is 2.84. The van der Waals surface area contributed by atoms with Crippen molar-refractivity contribution in [2.75, 3.05) is 0 Å². The van der Waals surface area contributed by atoms with Gasteiger partial charge in [0.15, 0.2) is 5.82 Å². The lowest BCUT2D eigenvalue weighted by Crippen LogP contribution is -2.23. The molecule has 7 heteroatoms. The average molecular weight is 283 g/mol. The molecule has 2 atom stereocenters. The molecule has 102 valence electrons. The third-order valence-corrected chi connectivity index (χ3v) is 3.44. The summed E-state index contributed by atoms with van der Waals surface area (Å²) >= 11 is 1.39. The third-order valence-electron chi connectivity index (χ3n) is 2.45. The maximum Gasteiger partial charge on any atom is 0.246 e. The Bertz CT molecular complexity index is 547. The van der Waals surface area contributed by atoms with Crippen molar-refractivity contribution in [3.05, 3.63) is 41.8 Å². The van der Waals surface area contributed by atoms with Gasteiger partial charge in [-0.05, 0) is 25.1 Å². The van der Waals surface area contributed by atoms with Crippen LogP contribution in [0, 0.1) is 5.82 Å². The highest BCUT2D eigenvalue weighted by Crippen LogP contribution is 2.22. The van der Waals surface area contributed by atoms with Crippen LogP contribution in [0.3, 0.4) is 0 Å². The third kappa shape index (κ3) is 3.76. The maximum absolute atomic E-state index is 13.0. The van der Waals surface area contributed by atoms with Crippen molar-refractivity contribution in [1.29, 1.82) is 0 Å². The lowest BCUT2D eigenvalue weighted by molar-refractivity contribution is 0.146. The molecule has 1 aromatic heterocycles. The van der Waals surface area contributed by atoms with E-state index in [0.29, 0.717) is 11.6 Å². The number of aromatic nitrogens is 2. The van der Waals surface area contributed by atoms with Crippen LogP contribution >= 0.6 is 11.8 Å². The number of benzene rings is 1. The van der Waals surface area contributed by atoms with E-state index in [2.05, 4.69) is 10.1 Å². The summed E-state index contributed by atoms with van der Waals surface area (Å²) in [6, 6.07) is 5.57. The van der Waals surface area contributed by atoms with Gasteiger partial charge in [-0.3, -0.25) is 0 Å². The van der Waals surface area contributed by atoms with Gasteiger partial charge in [0.2, 0.25) is 5.89 Å². The van der Waals surface area contributed by atoms with Gasteiger partial charge in [-0.25, -0.2) is 4.39 Å². The van der Waals surface area contributed by atoms with Crippen molar-refractivity contribution in [1.82, 2.24) is 10.1 Å². The van der Waals surface area contributed by atoms with Gasteiger partial charge in [-0.2, -0.15) is 4.98 Å². The molecule has 0 aliphatic rings. The molecule has 0 amide bonds. The Morgan fingerprint density at radius 3 is 3.00 bits per heavy atom. The van der Waals surface area contributed by atoms with Gasteiger partial charge in [0.05, 0.1) is 11.9 Å². The van der Waals surface area contributed by atoms with E-state index in [1.165, 1.54) is 23.9 Å². The lowest BCUT2D eigenvalue weighted by atomic mass is 10.2. The molecule has 0 spiro atoms. The minimum atomic E-state index is -0.760. The monoisotopic (exact) mass is 283 g/mol. The Kier molecular flexibility index (Phi) is 4.52. The first-order valence-corrected chi connectivity index (χ1v) is 6.69. The molecule has 19 heavy (non-hydrogen) atoms. The SMILES string of the molecule is C[C@@H](O)[C@H](N)c1nc(CSc2cccc(F)c2)no1. The van der Waals surface area contributed by atoms with Gasteiger partial charge in [-0.15, -0.1) is 11.8 Å². The molecule has 0 aliphatic heterocycles. The van der Waals surface area contributed by atoms with E-state index in [-0.39, 0.29) is 11.7 Å². The zero-order valence-electron chi connectivity index (χ0n) is 10.3. The Labute approximate surface area is 114 Å². The number of thioether (sulfide) groups is 1. The van der Waals surface area contributed by atoms with Gasteiger partial charge in [0.25, 0.3) is 0 Å². The van der Waals surface area contributed by atoms with Crippen molar-refractivity contribution >= 4 is 11.8 Å². The molecule has 0 fully saturated rings. The molecule has 2 aromatic rings. The summed E-state index contributed by atoms with van der Waals surface area (Å²) < 4.78 is 18.0. The first-order valence-electron chi connectivity index (χ1n) is 5.71. The minimum Gasteiger partial charge on any atom is -0.391 e. The maximum atomic E-state index is 13.0. The topological polar surface area (TPSA) is 85.2 Å². The fourth-order valence-corrected chi connectivity index (χ4v) is 2.16. The number of nitrogens with zero attached hydrogens (tertiary/aromatic N) is 2. The standard InChI is InChI=1S/C12H14FN3O2S/c1-7(17)11(14)12-15-10(16-18-12)6-19-9-4-2-3-8(13)5-9/h2-5,7,11,17H,6,14H2,1H3/t7-,11+/m1/s1. The highest BCUT2D eigenvalue weighted by Gasteiger charge is 2.19. The summed E-state index contributed by atoms with van der Waals surface area (Å²) in [6.07, 6.45) is -0.760. The second kappa shape index (κ2) is 6.14.